The van der Waals surface area contributed by atoms with Crippen molar-refractivity contribution in [3.63, 3.8) is 0 Å². The van der Waals surface area contributed by atoms with Gasteiger partial charge in [-0.2, -0.15) is 5.26 Å². The van der Waals surface area contributed by atoms with E-state index in [1.807, 2.05) is 12.1 Å². The van der Waals surface area contributed by atoms with Crippen LogP contribution < -0.4 is 9.47 Å². The Kier molecular flexibility index (Phi) is 6.18. The highest BCUT2D eigenvalue weighted by atomic mass is 32.1. The lowest BCUT2D eigenvalue weighted by Crippen LogP contribution is -2.51. The zero-order chi connectivity index (χ0) is 65.2. The van der Waals surface area contributed by atoms with Crippen molar-refractivity contribution in [3.8, 4) is 17.6 Å². The number of hydrogen-bond acceptors (Lipinski definition) is 6. The molecule has 37 rings (SSSR count). The molecule has 6 heteroatoms. The third-order valence-corrected chi connectivity index (χ3v) is 34.1. The third-order valence-electron chi connectivity index (χ3n) is 32.1. The van der Waals surface area contributed by atoms with Crippen molar-refractivity contribution in [1.82, 2.24) is 4.90 Å². The molecule has 0 saturated carbocycles. The predicted octanol–water partition coefficient (Wildman–Crippen LogP) is 27.4. The highest BCUT2D eigenvalue weighted by Crippen LogP contribution is 2.87. The number of ether oxygens (including phenoxy) is 2. The smallest absolute Gasteiger partial charge is 0.134 e. The minimum atomic E-state index is -0.413. The molecular formula is C98H44N2O2S2. The van der Waals surface area contributed by atoms with Gasteiger partial charge in [0.15, 0.2) is 0 Å². The second-order valence-electron chi connectivity index (χ2n) is 34.9. The van der Waals surface area contributed by atoms with Crippen molar-refractivity contribution in [2.24, 2.45) is 0 Å². The summed E-state index contributed by atoms with van der Waals surface area (Å²) in [6.45, 7) is 6.87. The van der Waals surface area contributed by atoms with E-state index in [-0.39, 0.29) is 11.5 Å². The summed E-state index contributed by atoms with van der Waals surface area (Å²) in [7, 11) is 2.60. The fourth-order valence-corrected chi connectivity index (χ4v) is 32.2. The van der Waals surface area contributed by atoms with Gasteiger partial charge in [-0.3, -0.25) is 4.90 Å². The van der Waals surface area contributed by atoms with Gasteiger partial charge in [0.05, 0.1) is 30.1 Å². The van der Waals surface area contributed by atoms with Gasteiger partial charge in [-0.1, -0.05) is 64.5 Å². The van der Waals surface area contributed by atoms with E-state index in [4.69, 9.17) is 9.47 Å². The van der Waals surface area contributed by atoms with Crippen LogP contribution in [0.2, 0.25) is 0 Å². The Hall–Kier alpha value is -10.9. The quantitative estimate of drug-likeness (QED) is 0.0673. The van der Waals surface area contributed by atoms with E-state index in [0.29, 0.717) is 13.2 Å². The minimum Gasteiger partial charge on any atom is -0.492 e. The monoisotopic (exact) mass is 1340 g/mol. The van der Waals surface area contributed by atoms with Gasteiger partial charge in [0.2, 0.25) is 0 Å². The van der Waals surface area contributed by atoms with Crippen molar-refractivity contribution in [1.29, 1.82) is 5.26 Å². The van der Waals surface area contributed by atoms with Gasteiger partial charge in [-0.25, -0.2) is 0 Å². The van der Waals surface area contributed by atoms with Crippen molar-refractivity contribution >= 4 is 349 Å². The molecule has 1 atom stereocenters. The normalized spacial score (nSPS) is 20.1. The Morgan fingerprint density at radius 2 is 0.654 bits per heavy atom. The van der Waals surface area contributed by atoms with Crippen LogP contribution in [-0.4, -0.2) is 31.7 Å². The standard InChI is InChI=1S/C98H44N2O2S2/c1-4-6-8-10-24-101-94-28(12-16-30-18-19-32(26-99)103-30)14-21-34-33(94)22-15-29(95(34)102-25-11-9-7-5-2)13-17-31-20-23-35(104-31)96-98-92-86-80-70-58-50-42-38-36-37-40-44(42)52(58)62-56-48(40)49-41(37)45-43-39(36)47-46(38)54-60(50)68-74-64(54)65-55(47)61-51(43)59-53(45)63-57(49)67-66(56)78(72(62)80)88(92)89-79(67)73(63)81-71(59)77-69(61)75(65)83-82(74)90(84(86)76(68)70)97(98,27-100(96)3)91(83)85(77)87(81)93(89)98/h12-23,96H,4-11,24-25,27H2,1-3H3/b16-12+,17-13+. The van der Waals surface area contributed by atoms with E-state index < -0.39 is 5.41 Å². The van der Waals surface area contributed by atoms with Crippen molar-refractivity contribution < 1.29 is 9.47 Å². The average Bonchev–Trinajstić information content (AvgIpc) is 1.38. The molecule has 0 bridgehead atoms. The number of thiophene rings is 2. The molecule has 1 fully saturated rings. The SMILES string of the molecule is CCCCCCOc1c(/C=C/c2ccc(C#N)s2)ccc2c(OCCCCCC)c(/C=C/c3ccc(C4N(C)CC56c7c8c9c%10c%11c%12c(c%13c%14c5c5c7c7c%15c8c8c9c9c%11c%11c%16c%12c%12c%13c%13c%14c%14c5c5c7c7c%15c%15c8c8c9c%11c9c%11c%16c%12c%12c%13c%13c%14c5c5c7c7c%15c8c9c8c%11c%12c%13c5c78)C%1046)s3)ccc12. The molecular weight excluding hydrogens is 1300 g/mol. The van der Waals surface area contributed by atoms with Crippen LogP contribution in [0.15, 0.2) is 48.5 Å². The first kappa shape index (κ1) is 48.1. The second kappa shape index (κ2) is 13.4. The lowest BCUT2D eigenvalue weighted by Gasteiger charge is -2.52. The van der Waals surface area contributed by atoms with Crippen molar-refractivity contribution in [3.05, 3.63) is 101 Å². The minimum absolute atomic E-state index is 0.0740. The lowest BCUT2D eigenvalue weighted by atomic mass is 9.48. The first-order valence-electron chi connectivity index (χ1n) is 38.9. The Balaban J connectivity index is 0.677. The number of benzene rings is 20. The largest absolute Gasteiger partial charge is 0.492 e. The maximum Gasteiger partial charge on any atom is 0.134 e. The topological polar surface area (TPSA) is 45.5 Å². The van der Waals surface area contributed by atoms with Gasteiger partial charge < -0.3 is 9.47 Å². The molecule has 4 aliphatic carbocycles. The van der Waals surface area contributed by atoms with E-state index in [9.17, 15) is 5.26 Å². The number of fused-ring (bicyclic) bond motifs is 1. The van der Waals surface area contributed by atoms with Crippen LogP contribution in [0.5, 0.6) is 11.5 Å². The van der Waals surface area contributed by atoms with Crippen LogP contribution in [0.3, 0.4) is 0 Å². The fourth-order valence-electron chi connectivity index (χ4n) is 30.3. The number of nitriles is 1. The van der Waals surface area contributed by atoms with Gasteiger partial charge in [-0.05, 0) is 394 Å². The number of likely N-dealkylation sites (N-methyl/N-ethyl adjacent to an activating group) is 1. The van der Waals surface area contributed by atoms with Crippen LogP contribution in [0.25, 0.3) is 326 Å². The van der Waals surface area contributed by atoms with Gasteiger partial charge in [0.1, 0.15) is 22.4 Å². The summed E-state index contributed by atoms with van der Waals surface area (Å²) in [6, 6.07) is 20.6. The van der Waals surface area contributed by atoms with E-state index in [1.54, 1.807) is 313 Å². The Labute approximate surface area is 591 Å². The molecule has 2 spiro atoms. The number of likely N-dealkylation sites (tertiary alicyclic amines) is 1. The molecule has 4 nitrogen and oxygen atoms in total. The number of hydrogen-bond donors (Lipinski definition) is 0. The number of unbranched alkanes of at least 4 members (excludes halogenated alkanes) is 6. The Morgan fingerprint density at radius 1 is 0.356 bits per heavy atom. The zero-order valence-electron chi connectivity index (χ0n) is 56.3. The molecule has 1 unspecified atom stereocenters. The summed E-state index contributed by atoms with van der Waals surface area (Å²) in [4.78, 5) is 7.55. The highest BCUT2D eigenvalue weighted by molar-refractivity contribution is 7.13. The molecule has 32 aromatic rings. The van der Waals surface area contributed by atoms with Gasteiger partial charge in [-0.15, -0.1) is 22.7 Å². The molecule has 0 N–H and O–H groups in total. The third kappa shape index (κ3) is 3.57. The van der Waals surface area contributed by atoms with Gasteiger partial charge in [0.25, 0.3) is 0 Å². The summed E-state index contributed by atoms with van der Waals surface area (Å²) < 4.78 is 14.1. The van der Waals surface area contributed by atoms with E-state index >= 15 is 0 Å². The molecule has 1 saturated heterocycles. The Morgan fingerprint density at radius 3 is 0.962 bits per heavy atom. The Bertz CT molecular complexity index is 9130. The van der Waals surface area contributed by atoms with E-state index in [1.165, 1.54) is 46.8 Å². The van der Waals surface area contributed by atoms with E-state index in [0.717, 1.165) is 75.4 Å². The molecule has 30 aromatic carbocycles. The van der Waals surface area contributed by atoms with Crippen molar-refractivity contribution in [2.75, 3.05) is 26.8 Å². The molecule has 2 aromatic heterocycles. The van der Waals surface area contributed by atoms with Crippen LogP contribution in [0, 0.1) is 11.3 Å². The van der Waals surface area contributed by atoms with Crippen LogP contribution in [0.4, 0.5) is 0 Å². The summed E-state index contributed by atoms with van der Waals surface area (Å²) in [6.07, 6.45) is 18.2. The van der Waals surface area contributed by atoms with E-state index in [2.05, 4.69) is 104 Å². The first-order chi connectivity index (χ1) is 51.6. The molecule has 0 radical (unpaired) electrons. The summed E-state index contributed by atoms with van der Waals surface area (Å²) >= 11 is 3.60. The number of rotatable bonds is 17. The predicted molar refractivity (Wildman–Crippen MR) is 444 cm³/mol. The summed E-state index contributed by atoms with van der Waals surface area (Å²) in [5.41, 5.74) is 8.37. The average molecular weight is 1350 g/mol. The lowest BCUT2D eigenvalue weighted by molar-refractivity contribution is 0.276. The molecule has 470 valence electrons. The number of nitrogens with zero attached hydrogens (tertiary/aromatic N) is 2. The molecule has 0 amide bonds. The molecule has 3 heterocycles. The summed E-state index contributed by atoms with van der Waals surface area (Å²) in [5.74, 6) is 1.84. The zero-order valence-corrected chi connectivity index (χ0v) is 57.9. The van der Waals surface area contributed by atoms with Crippen LogP contribution in [-0.2, 0) is 10.8 Å². The van der Waals surface area contributed by atoms with Crippen LogP contribution >= 0.6 is 22.7 Å². The van der Waals surface area contributed by atoms with Gasteiger partial charge >= 0.3 is 0 Å². The molecule has 1 aliphatic heterocycles. The molecule has 104 heavy (non-hydrogen) atoms. The van der Waals surface area contributed by atoms with Gasteiger partial charge in [0, 0.05) is 43.1 Å². The molecule has 5 aliphatic rings. The maximum absolute atomic E-state index is 9.68. The van der Waals surface area contributed by atoms with Crippen LogP contribution in [0.1, 0.15) is 124 Å². The summed E-state index contributed by atoms with van der Waals surface area (Å²) in [5, 5.41) is 101. The maximum atomic E-state index is 9.68. The second-order valence-corrected chi connectivity index (χ2v) is 37.1. The first-order valence-corrected chi connectivity index (χ1v) is 40.5. The van der Waals surface area contributed by atoms with Crippen molar-refractivity contribution in [2.45, 2.75) is 82.1 Å². The fraction of sp³-hybridized carbons (Fsp3) is 0.173. The highest BCUT2D eigenvalue weighted by Gasteiger charge is 2.76.